The van der Waals surface area contributed by atoms with Gasteiger partial charge in [-0.15, -0.1) is 0 Å². The summed E-state index contributed by atoms with van der Waals surface area (Å²) >= 11 is 0. The molecule has 2 rings (SSSR count). The Morgan fingerprint density at radius 3 is 2.60 bits per heavy atom. The van der Waals surface area contributed by atoms with Gasteiger partial charge in [0.05, 0.1) is 11.0 Å². The molecule has 20 heavy (non-hydrogen) atoms. The van der Waals surface area contributed by atoms with Gasteiger partial charge in [-0.05, 0) is 36.5 Å². The molecule has 0 aliphatic heterocycles. The number of carbonyl (C=O) groups is 1. The predicted octanol–water partition coefficient (Wildman–Crippen LogP) is 3.02. The second-order valence-electron chi connectivity index (χ2n) is 5.41. The average molecular weight is 277 g/mol. The van der Waals surface area contributed by atoms with Crippen molar-refractivity contribution in [3.8, 4) is 0 Å². The molecule has 1 saturated carbocycles. The third kappa shape index (κ3) is 3.04. The zero-order valence-corrected chi connectivity index (χ0v) is 11.5. The van der Waals surface area contributed by atoms with Crippen LogP contribution in [0.4, 0.5) is 5.69 Å². The van der Waals surface area contributed by atoms with Crippen molar-refractivity contribution >= 4 is 11.5 Å². The first-order valence-electron chi connectivity index (χ1n) is 6.98. The number of ketones is 1. The number of rotatable bonds is 4. The van der Waals surface area contributed by atoms with E-state index in [0.29, 0.717) is 24.3 Å². The van der Waals surface area contributed by atoms with Crippen molar-refractivity contribution in [2.24, 2.45) is 11.8 Å². The van der Waals surface area contributed by atoms with Gasteiger partial charge in [-0.2, -0.15) is 0 Å². The molecule has 1 N–H and O–H groups in total. The minimum absolute atomic E-state index is 0.0117. The first-order chi connectivity index (χ1) is 9.52. The van der Waals surface area contributed by atoms with E-state index in [9.17, 15) is 20.0 Å². The highest BCUT2D eigenvalue weighted by Gasteiger charge is 2.33. The summed E-state index contributed by atoms with van der Waals surface area (Å²) in [7, 11) is 0. The summed E-state index contributed by atoms with van der Waals surface area (Å²) < 4.78 is 0. The number of nitro benzene ring substituents is 1. The summed E-state index contributed by atoms with van der Waals surface area (Å²) in [4.78, 5) is 22.1. The van der Waals surface area contributed by atoms with Gasteiger partial charge in [0.25, 0.3) is 5.69 Å². The monoisotopic (exact) mass is 277 g/mol. The number of aliphatic hydroxyl groups excluding tert-OH is 1. The highest BCUT2D eigenvalue weighted by atomic mass is 16.6. The highest BCUT2D eigenvalue weighted by Crippen LogP contribution is 2.36. The van der Waals surface area contributed by atoms with E-state index in [0.717, 1.165) is 12.8 Å². The lowest BCUT2D eigenvalue weighted by molar-refractivity contribution is -0.384. The maximum absolute atomic E-state index is 12.0. The van der Waals surface area contributed by atoms with E-state index in [1.165, 1.54) is 24.3 Å². The summed E-state index contributed by atoms with van der Waals surface area (Å²) in [6.07, 6.45) is 2.27. The topological polar surface area (TPSA) is 80.4 Å². The lowest BCUT2D eigenvalue weighted by Crippen LogP contribution is -2.29. The zero-order valence-electron chi connectivity index (χ0n) is 11.5. The average Bonchev–Trinajstić information content (AvgIpc) is 2.47. The van der Waals surface area contributed by atoms with Crippen LogP contribution in [0.5, 0.6) is 0 Å². The number of carbonyl (C=O) groups excluding carboxylic acids is 1. The van der Waals surface area contributed by atoms with E-state index in [1.54, 1.807) is 0 Å². The van der Waals surface area contributed by atoms with Gasteiger partial charge in [-0.1, -0.05) is 13.3 Å². The maximum atomic E-state index is 12.0. The third-order valence-corrected chi connectivity index (χ3v) is 4.20. The van der Waals surface area contributed by atoms with Gasteiger partial charge in [-0.25, -0.2) is 0 Å². The number of nitrogens with zero attached hydrogens (tertiary/aromatic N) is 1. The first kappa shape index (κ1) is 14.7. The molecular weight excluding hydrogens is 258 g/mol. The Hall–Kier alpha value is -1.75. The SMILES string of the molecule is CC[C@H]1CCC(=O)[C@@H]([C@H](O)c2ccc([N+](=O)[O-])cc2)C1. The smallest absolute Gasteiger partial charge is 0.269 e. The summed E-state index contributed by atoms with van der Waals surface area (Å²) in [5.74, 6) is 0.195. The number of benzene rings is 1. The Morgan fingerprint density at radius 1 is 1.40 bits per heavy atom. The lowest BCUT2D eigenvalue weighted by atomic mass is 9.75. The molecule has 1 fully saturated rings. The summed E-state index contributed by atoms with van der Waals surface area (Å²) in [5, 5.41) is 21.0. The van der Waals surface area contributed by atoms with Crippen LogP contribution in [0.2, 0.25) is 0 Å². The summed E-state index contributed by atoms with van der Waals surface area (Å²) in [5.41, 5.74) is 0.563. The molecule has 0 heterocycles. The molecule has 0 spiro atoms. The molecule has 5 nitrogen and oxygen atoms in total. The molecule has 0 bridgehead atoms. The fourth-order valence-electron chi connectivity index (χ4n) is 2.84. The van der Waals surface area contributed by atoms with Crippen LogP contribution in [0.1, 0.15) is 44.3 Å². The van der Waals surface area contributed by atoms with Crippen LogP contribution < -0.4 is 0 Å². The van der Waals surface area contributed by atoms with Gasteiger partial charge in [0.1, 0.15) is 5.78 Å². The molecule has 0 saturated heterocycles. The van der Waals surface area contributed by atoms with E-state index in [2.05, 4.69) is 6.92 Å². The molecule has 108 valence electrons. The quantitative estimate of drug-likeness (QED) is 0.677. The van der Waals surface area contributed by atoms with Crippen LogP contribution in [-0.2, 0) is 4.79 Å². The molecule has 1 aromatic rings. The number of non-ortho nitro benzene ring substituents is 1. The molecule has 0 aromatic heterocycles. The van der Waals surface area contributed by atoms with Crippen molar-refractivity contribution < 1.29 is 14.8 Å². The van der Waals surface area contributed by atoms with Crippen LogP contribution in [0, 0.1) is 22.0 Å². The minimum Gasteiger partial charge on any atom is -0.388 e. The van der Waals surface area contributed by atoms with Crippen molar-refractivity contribution in [1.29, 1.82) is 0 Å². The Morgan fingerprint density at radius 2 is 2.05 bits per heavy atom. The van der Waals surface area contributed by atoms with Crippen molar-refractivity contribution in [3.63, 3.8) is 0 Å². The number of aliphatic hydroxyl groups is 1. The van der Waals surface area contributed by atoms with E-state index in [4.69, 9.17) is 0 Å². The summed E-state index contributed by atoms with van der Waals surface area (Å²) in [6.45, 7) is 2.09. The molecule has 5 heteroatoms. The van der Waals surface area contributed by atoms with Crippen LogP contribution in [0.25, 0.3) is 0 Å². The minimum atomic E-state index is -0.863. The number of nitro groups is 1. The maximum Gasteiger partial charge on any atom is 0.269 e. The van der Waals surface area contributed by atoms with E-state index in [1.807, 2.05) is 0 Å². The van der Waals surface area contributed by atoms with E-state index >= 15 is 0 Å². The van der Waals surface area contributed by atoms with Crippen LogP contribution in [0.15, 0.2) is 24.3 Å². The van der Waals surface area contributed by atoms with Crippen molar-refractivity contribution in [1.82, 2.24) is 0 Å². The summed E-state index contributed by atoms with van der Waals surface area (Å²) in [6, 6.07) is 5.80. The normalized spacial score (nSPS) is 24.4. The van der Waals surface area contributed by atoms with Gasteiger partial charge in [0, 0.05) is 24.5 Å². The molecule has 1 aliphatic carbocycles. The molecular formula is C15H19NO4. The van der Waals surface area contributed by atoms with Gasteiger partial charge in [0.15, 0.2) is 0 Å². The lowest BCUT2D eigenvalue weighted by Gasteiger charge is -2.30. The van der Waals surface area contributed by atoms with Gasteiger partial charge >= 0.3 is 0 Å². The van der Waals surface area contributed by atoms with Gasteiger partial charge in [-0.3, -0.25) is 14.9 Å². The Bertz CT molecular complexity index is 497. The molecule has 1 aromatic carbocycles. The van der Waals surface area contributed by atoms with Gasteiger partial charge < -0.3 is 5.11 Å². The number of hydrogen-bond acceptors (Lipinski definition) is 4. The van der Waals surface area contributed by atoms with Crippen molar-refractivity contribution in [2.75, 3.05) is 0 Å². The van der Waals surface area contributed by atoms with Crippen LogP contribution >= 0.6 is 0 Å². The number of Topliss-reactive ketones (excluding diaryl/α,β-unsaturated/α-hetero) is 1. The van der Waals surface area contributed by atoms with Crippen molar-refractivity contribution in [2.45, 2.75) is 38.7 Å². The Labute approximate surface area is 117 Å². The predicted molar refractivity (Wildman–Crippen MR) is 74.2 cm³/mol. The molecule has 0 amide bonds. The van der Waals surface area contributed by atoms with Crippen LogP contribution in [-0.4, -0.2) is 15.8 Å². The Kier molecular flexibility index (Phi) is 4.49. The molecule has 0 radical (unpaired) electrons. The largest absolute Gasteiger partial charge is 0.388 e. The highest BCUT2D eigenvalue weighted by molar-refractivity contribution is 5.82. The second-order valence-corrected chi connectivity index (χ2v) is 5.41. The third-order valence-electron chi connectivity index (χ3n) is 4.20. The molecule has 0 unspecified atom stereocenters. The fourth-order valence-corrected chi connectivity index (χ4v) is 2.84. The molecule has 1 aliphatic rings. The fraction of sp³-hybridized carbons (Fsp3) is 0.533. The standard InChI is InChI=1S/C15H19NO4/c1-2-10-3-8-14(17)13(9-10)15(18)11-4-6-12(7-5-11)16(19)20/h4-7,10,13,15,18H,2-3,8-9H2,1H3/t10-,13-,15+/m0/s1. The van der Waals surface area contributed by atoms with E-state index in [-0.39, 0.29) is 17.4 Å². The van der Waals surface area contributed by atoms with Gasteiger partial charge in [0.2, 0.25) is 0 Å². The zero-order chi connectivity index (χ0) is 14.7. The number of hydrogen-bond donors (Lipinski definition) is 1. The van der Waals surface area contributed by atoms with Crippen LogP contribution in [0.3, 0.4) is 0 Å². The van der Waals surface area contributed by atoms with E-state index < -0.39 is 11.0 Å². The molecule has 3 atom stereocenters. The second kappa shape index (κ2) is 6.13. The van der Waals surface area contributed by atoms with Crippen molar-refractivity contribution in [3.05, 3.63) is 39.9 Å². The Balaban J connectivity index is 2.14. The first-order valence-corrected chi connectivity index (χ1v) is 6.98.